The van der Waals surface area contributed by atoms with Gasteiger partial charge >= 0.3 is 5.97 Å². The van der Waals surface area contributed by atoms with Gasteiger partial charge in [-0.25, -0.2) is 4.79 Å². The number of likely N-dealkylation sites (N-methyl/N-ethyl adjacent to an activating group) is 1. The van der Waals surface area contributed by atoms with Crippen LogP contribution in [0.25, 0.3) is 0 Å². The van der Waals surface area contributed by atoms with E-state index in [0.717, 1.165) is 25.2 Å². The first-order valence-corrected chi connectivity index (χ1v) is 7.95. The zero-order chi connectivity index (χ0) is 16.7. The summed E-state index contributed by atoms with van der Waals surface area (Å²) in [6.45, 7) is 7.68. The molecule has 0 amide bonds. The first-order chi connectivity index (χ1) is 11.1. The molecule has 2 aromatic carbocycles. The summed E-state index contributed by atoms with van der Waals surface area (Å²) in [7, 11) is 0. The van der Waals surface area contributed by atoms with Crippen molar-refractivity contribution in [3.05, 3.63) is 65.2 Å². The molecule has 0 unspecified atom stereocenters. The molecule has 0 spiro atoms. The fourth-order valence-electron chi connectivity index (χ4n) is 2.63. The standard InChI is InChI=1S/C19H24N2O2/c1-3-21(18-10-5-4-7-15(18)2)12-11-20-14-16-8-6-9-17(13-16)19(22)23/h4-10,13,20H,3,11-12,14H2,1-2H3,(H,22,23). The van der Waals surface area contributed by atoms with Crippen LogP contribution in [0.2, 0.25) is 0 Å². The van der Waals surface area contributed by atoms with Gasteiger partial charge in [0.1, 0.15) is 0 Å². The van der Waals surface area contributed by atoms with Crippen LogP contribution in [-0.2, 0) is 6.54 Å². The molecule has 0 radical (unpaired) electrons. The van der Waals surface area contributed by atoms with Gasteiger partial charge in [-0.3, -0.25) is 0 Å². The Labute approximate surface area is 137 Å². The zero-order valence-electron chi connectivity index (χ0n) is 13.7. The number of hydrogen-bond acceptors (Lipinski definition) is 3. The quantitative estimate of drug-likeness (QED) is 0.734. The normalized spacial score (nSPS) is 10.5. The van der Waals surface area contributed by atoms with E-state index in [2.05, 4.69) is 48.3 Å². The Morgan fingerprint density at radius 1 is 1.17 bits per heavy atom. The molecule has 0 aliphatic rings. The zero-order valence-corrected chi connectivity index (χ0v) is 13.7. The summed E-state index contributed by atoms with van der Waals surface area (Å²) < 4.78 is 0. The largest absolute Gasteiger partial charge is 0.478 e. The maximum absolute atomic E-state index is 11.0. The fourth-order valence-corrected chi connectivity index (χ4v) is 2.63. The van der Waals surface area contributed by atoms with Gasteiger partial charge in [0.05, 0.1) is 5.56 Å². The predicted octanol–water partition coefficient (Wildman–Crippen LogP) is 3.31. The van der Waals surface area contributed by atoms with E-state index in [1.807, 2.05) is 6.07 Å². The number of carbonyl (C=O) groups is 1. The smallest absolute Gasteiger partial charge is 0.335 e. The van der Waals surface area contributed by atoms with Crippen molar-refractivity contribution in [2.24, 2.45) is 0 Å². The van der Waals surface area contributed by atoms with Gasteiger partial charge < -0.3 is 15.3 Å². The highest BCUT2D eigenvalue weighted by Gasteiger charge is 2.06. The summed E-state index contributed by atoms with van der Waals surface area (Å²) >= 11 is 0. The van der Waals surface area contributed by atoms with Crippen LogP contribution in [0.15, 0.2) is 48.5 Å². The van der Waals surface area contributed by atoms with Gasteiger partial charge in [-0.1, -0.05) is 30.3 Å². The van der Waals surface area contributed by atoms with Crippen LogP contribution in [0.5, 0.6) is 0 Å². The van der Waals surface area contributed by atoms with E-state index < -0.39 is 5.97 Å². The van der Waals surface area contributed by atoms with Crippen LogP contribution < -0.4 is 10.2 Å². The fraction of sp³-hybridized carbons (Fsp3) is 0.316. The van der Waals surface area contributed by atoms with Crippen LogP contribution in [0.4, 0.5) is 5.69 Å². The molecule has 23 heavy (non-hydrogen) atoms. The molecule has 0 saturated heterocycles. The Bertz CT molecular complexity index is 655. The topological polar surface area (TPSA) is 52.6 Å². The van der Waals surface area contributed by atoms with Crippen molar-refractivity contribution in [2.75, 3.05) is 24.5 Å². The van der Waals surface area contributed by atoms with Crippen LogP contribution in [0.3, 0.4) is 0 Å². The maximum Gasteiger partial charge on any atom is 0.335 e. The van der Waals surface area contributed by atoms with Crippen molar-refractivity contribution in [3.8, 4) is 0 Å². The number of benzene rings is 2. The number of carboxylic acids is 1. The van der Waals surface area contributed by atoms with Crippen molar-refractivity contribution in [1.82, 2.24) is 5.32 Å². The van der Waals surface area contributed by atoms with Crippen molar-refractivity contribution in [3.63, 3.8) is 0 Å². The Morgan fingerprint density at radius 3 is 2.65 bits per heavy atom. The summed E-state index contributed by atoms with van der Waals surface area (Å²) in [5.74, 6) is -0.886. The van der Waals surface area contributed by atoms with Gasteiger partial charge in [0.2, 0.25) is 0 Å². The van der Waals surface area contributed by atoms with Gasteiger partial charge in [-0.2, -0.15) is 0 Å². The lowest BCUT2D eigenvalue weighted by Gasteiger charge is -2.25. The highest BCUT2D eigenvalue weighted by Crippen LogP contribution is 2.18. The first-order valence-electron chi connectivity index (χ1n) is 7.95. The summed E-state index contributed by atoms with van der Waals surface area (Å²) in [5.41, 5.74) is 3.87. The third-order valence-electron chi connectivity index (χ3n) is 3.90. The highest BCUT2D eigenvalue weighted by molar-refractivity contribution is 5.87. The van der Waals surface area contributed by atoms with Crippen molar-refractivity contribution in [2.45, 2.75) is 20.4 Å². The van der Waals surface area contributed by atoms with E-state index in [4.69, 9.17) is 5.11 Å². The molecule has 0 atom stereocenters. The second kappa shape index (κ2) is 8.34. The Balaban J connectivity index is 1.86. The lowest BCUT2D eigenvalue weighted by Crippen LogP contribution is -2.32. The van der Waals surface area contributed by atoms with E-state index in [1.165, 1.54) is 11.3 Å². The molecular weight excluding hydrogens is 288 g/mol. The predicted molar refractivity (Wildman–Crippen MR) is 94.2 cm³/mol. The minimum Gasteiger partial charge on any atom is -0.478 e. The third-order valence-corrected chi connectivity index (χ3v) is 3.90. The number of hydrogen-bond donors (Lipinski definition) is 2. The summed E-state index contributed by atoms with van der Waals surface area (Å²) in [6.07, 6.45) is 0. The number of aryl methyl sites for hydroxylation is 1. The molecule has 122 valence electrons. The number of carboxylic acid groups (broad SMARTS) is 1. The maximum atomic E-state index is 11.0. The number of nitrogens with zero attached hydrogens (tertiary/aromatic N) is 1. The van der Waals surface area contributed by atoms with E-state index in [9.17, 15) is 4.79 Å². The van der Waals surface area contributed by atoms with E-state index in [-0.39, 0.29) is 0 Å². The average molecular weight is 312 g/mol. The molecule has 0 saturated carbocycles. The monoisotopic (exact) mass is 312 g/mol. The molecule has 4 heteroatoms. The number of anilines is 1. The third kappa shape index (κ3) is 4.83. The lowest BCUT2D eigenvalue weighted by atomic mass is 10.1. The molecule has 0 aromatic heterocycles. The SMILES string of the molecule is CCN(CCNCc1cccc(C(=O)O)c1)c1ccccc1C. The van der Waals surface area contributed by atoms with E-state index in [0.29, 0.717) is 12.1 Å². The van der Waals surface area contributed by atoms with E-state index >= 15 is 0 Å². The minimum atomic E-state index is -0.886. The molecule has 0 fully saturated rings. The van der Waals surface area contributed by atoms with Crippen LogP contribution >= 0.6 is 0 Å². The summed E-state index contributed by atoms with van der Waals surface area (Å²) in [4.78, 5) is 13.3. The molecule has 2 rings (SSSR count). The Morgan fingerprint density at radius 2 is 1.96 bits per heavy atom. The first kappa shape index (κ1) is 17.0. The molecule has 0 aliphatic heterocycles. The number of rotatable bonds is 8. The molecule has 0 heterocycles. The lowest BCUT2D eigenvalue weighted by molar-refractivity contribution is 0.0696. The number of nitrogens with one attached hydrogen (secondary N) is 1. The molecule has 0 aliphatic carbocycles. The second-order valence-electron chi connectivity index (χ2n) is 5.55. The highest BCUT2D eigenvalue weighted by atomic mass is 16.4. The summed E-state index contributed by atoms with van der Waals surface area (Å²) in [5, 5.41) is 12.4. The minimum absolute atomic E-state index is 0.333. The summed E-state index contributed by atoms with van der Waals surface area (Å²) in [6, 6.07) is 15.5. The second-order valence-corrected chi connectivity index (χ2v) is 5.55. The van der Waals surface area contributed by atoms with Crippen molar-refractivity contribution < 1.29 is 9.90 Å². The molecule has 2 N–H and O–H groups in total. The molecule has 2 aromatic rings. The molecule has 4 nitrogen and oxygen atoms in total. The number of aromatic carboxylic acids is 1. The van der Waals surface area contributed by atoms with Crippen LogP contribution in [0.1, 0.15) is 28.4 Å². The van der Waals surface area contributed by atoms with Gasteiger partial charge in [-0.15, -0.1) is 0 Å². The van der Waals surface area contributed by atoms with Gasteiger partial charge in [0, 0.05) is 31.9 Å². The Kier molecular flexibility index (Phi) is 6.18. The van der Waals surface area contributed by atoms with Crippen LogP contribution in [-0.4, -0.2) is 30.7 Å². The van der Waals surface area contributed by atoms with Crippen LogP contribution in [0, 0.1) is 6.92 Å². The Hall–Kier alpha value is -2.33. The van der Waals surface area contributed by atoms with Gasteiger partial charge in [0.25, 0.3) is 0 Å². The molecular formula is C19H24N2O2. The molecule has 0 bridgehead atoms. The van der Waals surface area contributed by atoms with Gasteiger partial charge in [0.15, 0.2) is 0 Å². The number of para-hydroxylation sites is 1. The average Bonchev–Trinajstić information content (AvgIpc) is 2.56. The van der Waals surface area contributed by atoms with E-state index in [1.54, 1.807) is 18.2 Å². The van der Waals surface area contributed by atoms with Gasteiger partial charge in [-0.05, 0) is 43.2 Å². The van der Waals surface area contributed by atoms with Crippen molar-refractivity contribution >= 4 is 11.7 Å². The van der Waals surface area contributed by atoms with Crippen molar-refractivity contribution in [1.29, 1.82) is 0 Å².